The van der Waals surface area contributed by atoms with Gasteiger partial charge in [-0.1, -0.05) is 0 Å². The maximum absolute atomic E-state index is 10.7. The molecule has 2 N–H and O–H groups in total. The molecule has 0 aromatic heterocycles. The summed E-state index contributed by atoms with van der Waals surface area (Å²) < 4.78 is 4.30. The third-order valence-corrected chi connectivity index (χ3v) is 1.19. The summed E-state index contributed by atoms with van der Waals surface area (Å²) in [5.74, 6) is -0.151. The van der Waals surface area contributed by atoms with Crippen molar-refractivity contribution in [2.45, 2.75) is 0 Å². The standard InChI is InChI=1S/C6H11ClN2O3/c1-12-5(10)4-9-6(11)8-3-2-7/h2-4H2,1H3,(H2,8,9,11). The molecule has 0 fully saturated rings. The lowest BCUT2D eigenvalue weighted by Gasteiger charge is -2.03. The highest BCUT2D eigenvalue weighted by Crippen LogP contribution is 1.72. The van der Waals surface area contributed by atoms with Crippen LogP contribution in [0.4, 0.5) is 4.79 Å². The van der Waals surface area contributed by atoms with Crippen molar-refractivity contribution >= 4 is 23.6 Å². The Hall–Kier alpha value is -0.970. The number of amides is 2. The topological polar surface area (TPSA) is 67.4 Å². The molecule has 70 valence electrons. The number of esters is 1. The lowest BCUT2D eigenvalue weighted by atomic mass is 10.6. The number of hydrogen-bond donors (Lipinski definition) is 2. The van der Waals surface area contributed by atoms with Crippen LogP contribution >= 0.6 is 11.6 Å². The van der Waals surface area contributed by atoms with Crippen molar-refractivity contribution in [3.8, 4) is 0 Å². The summed E-state index contributed by atoms with van der Waals surface area (Å²) in [7, 11) is 1.25. The van der Waals surface area contributed by atoms with Crippen LogP contribution in [0.5, 0.6) is 0 Å². The van der Waals surface area contributed by atoms with E-state index in [1.807, 2.05) is 0 Å². The number of hydrogen-bond acceptors (Lipinski definition) is 3. The number of halogens is 1. The van der Waals surface area contributed by atoms with Gasteiger partial charge in [0.15, 0.2) is 0 Å². The van der Waals surface area contributed by atoms with Crippen LogP contribution in [0.25, 0.3) is 0 Å². The summed E-state index contributed by atoms with van der Waals surface area (Å²) in [6, 6.07) is -0.430. The lowest BCUT2D eigenvalue weighted by molar-refractivity contribution is -0.139. The third-order valence-electron chi connectivity index (χ3n) is 1.00. The Labute approximate surface area is 75.4 Å². The predicted molar refractivity (Wildman–Crippen MR) is 44.1 cm³/mol. The minimum absolute atomic E-state index is 0.134. The minimum atomic E-state index is -0.490. The van der Waals surface area contributed by atoms with Gasteiger partial charge < -0.3 is 15.4 Å². The minimum Gasteiger partial charge on any atom is -0.468 e. The van der Waals surface area contributed by atoms with Gasteiger partial charge >= 0.3 is 12.0 Å². The highest BCUT2D eigenvalue weighted by Gasteiger charge is 2.02. The molecule has 0 aliphatic heterocycles. The summed E-state index contributed by atoms with van der Waals surface area (Å²) >= 11 is 5.30. The molecule has 0 saturated carbocycles. The van der Waals surface area contributed by atoms with Crippen LogP contribution in [-0.4, -0.2) is 38.1 Å². The van der Waals surface area contributed by atoms with Crippen LogP contribution in [-0.2, 0) is 9.53 Å². The Balaban J connectivity index is 3.37. The first kappa shape index (κ1) is 11.0. The molecule has 0 bridgehead atoms. The molecule has 5 nitrogen and oxygen atoms in total. The Morgan fingerprint density at radius 1 is 1.42 bits per heavy atom. The second-order valence-electron chi connectivity index (χ2n) is 1.87. The van der Waals surface area contributed by atoms with E-state index in [4.69, 9.17) is 11.6 Å². The fourth-order valence-corrected chi connectivity index (χ4v) is 0.542. The van der Waals surface area contributed by atoms with Gasteiger partial charge in [0, 0.05) is 12.4 Å². The van der Waals surface area contributed by atoms with Gasteiger partial charge in [0.1, 0.15) is 6.54 Å². The molecule has 0 unspecified atom stereocenters. The first-order valence-corrected chi connectivity index (χ1v) is 3.88. The lowest BCUT2D eigenvalue weighted by Crippen LogP contribution is -2.39. The van der Waals surface area contributed by atoms with Gasteiger partial charge in [-0.15, -0.1) is 11.6 Å². The molecule has 0 aliphatic carbocycles. The van der Waals surface area contributed by atoms with E-state index in [1.165, 1.54) is 7.11 Å². The summed E-state index contributed by atoms with van der Waals surface area (Å²) in [6.07, 6.45) is 0. The van der Waals surface area contributed by atoms with Gasteiger partial charge in [-0.25, -0.2) is 4.79 Å². The highest BCUT2D eigenvalue weighted by molar-refractivity contribution is 6.18. The van der Waals surface area contributed by atoms with Gasteiger partial charge in [-0.3, -0.25) is 4.79 Å². The number of nitrogens with one attached hydrogen (secondary N) is 2. The van der Waals surface area contributed by atoms with Crippen molar-refractivity contribution < 1.29 is 14.3 Å². The van der Waals surface area contributed by atoms with Crippen LogP contribution in [0.2, 0.25) is 0 Å². The summed E-state index contributed by atoms with van der Waals surface area (Å²) in [5, 5.41) is 4.71. The average molecular weight is 195 g/mol. The van der Waals surface area contributed by atoms with Crippen molar-refractivity contribution in [2.75, 3.05) is 26.1 Å². The molecule has 6 heteroatoms. The first-order chi connectivity index (χ1) is 5.70. The van der Waals surface area contributed by atoms with Crippen LogP contribution in [0.15, 0.2) is 0 Å². The zero-order valence-corrected chi connectivity index (χ0v) is 7.48. The number of ether oxygens (including phenoxy) is 1. The van der Waals surface area contributed by atoms with Crippen molar-refractivity contribution in [1.29, 1.82) is 0 Å². The van der Waals surface area contributed by atoms with E-state index in [1.54, 1.807) is 0 Å². The number of rotatable bonds is 4. The molecule has 0 aliphatic rings. The number of carbonyl (C=O) groups excluding carboxylic acids is 2. The summed E-state index contributed by atoms with van der Waals surface area (Å²) in [6.45, 7) is 0.235. The molecule has 0 heterocycles. The molecule has 0 atom stereocenters. The van der Waals surface area contributed by atoms with Crippen molar-refractivity contribution in [3.05, 3.63) is 0 Å². The first-order valence-electron chi connectivity index (χ1n) is 3.35. The van der Waals surface area contributed by atoms with E-state index in [0.717, 1.165) is 0 Å². The van der Waals surface area contributed by atoms with Crippen molar-refractivity contribution in [1.82, 2.24) is 10.6 Å². The fourth-order valence-electron chi connectivity index (χ4n) is 0.448. The molecular formula is C6H11ClN2O3. The maximum atomic E-state index is 10.7. The van der Waals surface area contributed by atoms with Crippen LogP contribution in [0.3, 0.4) is 0 Å². The monoisotopic (exact) mass is 194 g/mol. The summed E-state index contributed by atoms with van der Waals surface area (Å²) in [5.41, 5.74) is 0. The quantitative estimate of drug-likeness (QED) is 0.477. The zero-order valence-electron chi connectivity index (χ0n) is 6.72. The van der Waals surface area contributed by atoms with Crippen LogP contribution in [0.1, 0.15) is 0 Å². The van der Waals surface area contributed by atoms with Gasteiger partial charge in [0.05, 0.1) is 7.11 Å². The average Bonchev–Trinajstić information content (AvgIpc) is 2.10. The molecule has 0 rings (SSSR count). The second-order valence-corrected chi connectivity index (χ2v) is 2.25. The Bertz CT molecular complexity index is 163. The van der Waals surface area contributed by atoms with Crippen LogP contribution < -0.4 is 10.6 Å². The smallest absolute Gasteiger partial charge is 0.325 e. The van der Waals surface area contributed by atoms with Crippen molar-refractivity contribution in [2.24, 2.45) is 0 Å². The Morgan fingerprint density at radius 2 is 2.08 bits per heavy atom. The zero-order chi connectivity index (χ0) is 9.40. The molecule has 0 spiro atoms. The number of alkyl halides is 1. The van der Waals surface area contributed by atoms with Gasteiger partial charge in [-0.05, 0) is 0 Å². The van der Waals surface area contributed by atoms with E-state index < -0.39 is 12.0 Å². The Morgan fingerprint density at radius 3 is 2.58 bits per heavy atom. The molecule has 0 aromatic rings. The summed E-state index contributed by atoms with van der Waals surface area (Å²) in [4.78, 5) is 21.2. The van der Waals surface area contributed by atoms with Gasteiger partial charge in [0.2, 0.25) is 0 Å². The largest absolute Gasteiger partial charge is 0.468 e. The highest BCUT2D eigenvalue weighted by atomic mass is 35.5. The predicted octanol–water partition coefficient (Wildman–Crippen LogP) is -0.303. The number of carbonyl (C=O) groups is 2. The molecule has 0 radical (unpaired) electrons. The van der Waals surface area contributed by atoms with Crippen molar-refractivity contribution in [3.63, 3.8) is 0 Å². The third kappa shape index (κ3) is 5.79. The van der Waals surface area contributed by atoms with E-state index in [-0.39, 0.29) is 6.54 Å². The van der Waals surface area contributed by atoms with E-state index >= 15 is 0 Å². The molecule has 2 amide bonds. The SMILES string of the molecule is COC(=O)CNC(=O)NCCCl. The number of urea groups is 1. The Kier molecular flexibility index (Phi) is 6.18. The maximum Gasteiger partial charge on any atom is 0.325 e. The number of methoxy groups -OCH3 is 1. The van der Waals surface area contributed by atoms with E-state index in [9.17, 15) is 9.59 Å². The van der Waals surface area contributed by atoms with E-state index in [0.29, 0.717) is 12.4 Å². The molecular weight excluding hydrogens is 184 g/mol. The second kappa shape index (κ2) is 6.72. The van der Waals surface area contributed by atoms with Gasteiger partial charge in [0.25, 0.3) is 0 Å². The molecule has 12 heavy (non-hydrogen) atoms. The molecule has 0 aromatic carbocycles. The van der Waals surface area contributed by atoms with Gasteiger partial charge in [-0.2, -0.15) is 0 Å². The normalized spacial score (nSPS) is 8.83. The van der Waals surface area contributed by atoms with E-state index in [2.05, 4.69) is 15.4 Å². The fraction of sp³-hybridized carbons (Fsp3) is 0.667. The van der Waals surface area contributed by atoms with Crippen LogP contribution in [0, 0.1) is 0 Å². The molecule has 0 saturated heterocycles.